The van der Waals surface area contributed by atoms with E-state index in [4.69, 9.17) is 0 Å². The lowest BCUT2D eigenvalue weighted by Crippen LogP contribution is -2.49. The summed E-state index contributed by atoms with van der Waals surface area (Å²) in [6.45, 7) is 1.31. The first-order valence-corrected chi connectivity index (χ1v) is 4.02. The van der Waals surface area contributed by atoms with Crippen molar-refractivity contribution >= 4 is 17.7 Å². The van der Waals surface area contributed by atoms with Gasteiger partial charge in [-0.15, -0.1) is 0 Å². The van der Waals surface area contributed by atoms with Crippen LogP contribution >= 0.6 is 0 Å². The molecule has 0 unspecified atom stereocenters. The van der Waals surface area contributed by atoms with Gasteiger partial charge >= 0.3 is 11.8 Å². The molecule has 0 aromatic carbocycles. The van der Waals surface area contributed by atoms with E-state index in [0.717, 1.165) is 14.9 Å². The van der Waals surface area contributed by atoms with Crippen LogP contribution in [0.4, 0.5) is 0 Å². The normalized spacial score (nSPS) is 9.21. The van der Waals surface area contributed by atoms with Crippen molar-refractivity contribution in [2.75, 3.05) is 28.2 Å². The third-order valence-electron chi connectivity index (χ3n) is 1.79. The van der Waals surface area contributed by atoms with E-state index in [1.54, 1.807) is 0 Å². The van der Waals surface area contributed by atoms with Crippen LogP contribution in [0.3, 0.4) is 0 Å². The third-order valence-corrected chi connectivity index (χ3v) is 1.79. The van der Waals surface area contributed by atoms with E-state index in [0.29, 0.717) is 0 Å². The summed E-state index contributed by atoms with van der Waals surface area (Å²) in [5, 5.41) is 2.05. The Hall–Kier alpha value is -1.59. The molecule has 0 aliphatic carbocycles. The van der Waals surface area contributed by atoms with E-state index in [1.807, 2.05) is 0 Å². The van der Waals surface area contributed by atoms with Crippen LogP contribution in [0.5, 0.6) is 0 Å². The molecule has 6 heteroatoms. The van der Waals surface area contributed by atoms with E-state index >= 15 is 0 Å². The predicted molar refractivity (Wildman–Crippen MR) is 49.9 cm³/mol. The fraction of sp³-hybridized carbons (Fsp3) is 0.625. The van der Waals surface area contributed by atoms with Gasteiger partial charge in [-0.05, 0) is 0 Å². The van der Waals surface area contributed by atoms with Crippen molar-refractivity contribution in [3.63, 3.8) is 0 Å². The Balaban J connectivity index is 4.55. The average Bonchev–Trinajstić information content (AvgIpc) is 2.12. The number of nitrogens with zero attached hydrogens (tertiary/aromatic N) is 3. The highest BCUT2D eigenvalue weighted by molar-refractivity contribution is 6.34. The molecule has 0 atom stereocenters. The van der Waals surface area contributed by atoms with E-state index < -0.39 is 11.8 Å². The van der Waals surface area contributed by atoms with Crippen LogP contribution in [0.25, 0.3) is 0 Å². The molecule has 0 bridgehead atoms. The van der Waals surface area contributed by atoms with Crippen LogP contribution in [0.2, 0.25) is 0 Å². The summed E-state index contributed by atoms with van der Waals surface area (Å²) >= 11 is 0. The summed E-state index contributed by atoms with van der Waals surface area (Å²) in [5.74, 6) is -1.72. The zero-order valence-electron chi connectivity index (χ0n) is 9.07. The number of amides is 3. The molecule has 0 aliphatic heterocycles. The van der Waals surface area contributed by atoms with Gasteiger partial charge in [-0.1, -0.05) is 0 Å². The number of likely N-dealkylation sites (N-methyl/N-ethyl adjacent to an activating group) is 2. The van der Waals surface area contributed by atoms with Gasteiger partial charge in [0.1, 0.15) is 0 Å². The minimum absolute atomic E-state index is 0.313. The zero-order chi connectivity index (χ0) is 11.5. The average molecular weight is 201 g/mol. The first kappa shape index (κ1) is 12.4. The monoisotopic (exact) mass is 201 g/mol. The highest BCUT2D eigenvalue weighted by Gasteiger charge is 2.24. The van der Waals surface area contributed by atoms with Crippen molar-refractivity contribution in [1.29, 1.82) is 0 Å². The van der Waals surface area contributed by atoms with Gasteiger partial charge in [0.15, 0.2) is 0 Å². The smallest absolute Gasteiger partial charge is 0.330 e. The third kappa shape index (κ3) is 2.72. The molecule has 0 aromatic rings. The lowest BCUT2D eigenvalue weighted by Gasteiger charge is -2.27. The highest BCUT2D eigenvalue weighted by Crippen LogP contribution is 1.94. The van der Waals surface area contributed by atoms with Crippen molar-refractivity contribution in [2.45, 2.75) is 6.92 Å². The SMILES string of the molecule is CC(=O)N(C)N(C)C(=O)C(=O)N(C)C. The van der Waals surface area contributed by atoms with E-state index in [1.165, 1.54) is 35.1 Å². The molecular formula is C8H15N3O3. The molecule has 6 nitrogen and oxygen atoms in total. The van der Waals surface area contributed by atoms with Crippen LogP contribution < -0.4 is 0 Å². The fourth-order valence-corrected chi connectivity index (χ4v) is 0.677. The quantitative estimate of drug-likeness (QED) is 0.370. The largest absolute Gasteiger partial charge is 0.341 e. The molecule has 0 fully saturated rings. The molecule has 0 saturated carbocycles. The maximum absolute atomic E-state index is 11.4. The molecule has 0 N–H and O–H groups in total. The second-order valence-electron chi connectivity index (χ2n) is 3.07. The molecule has 0 saturated heterocycles. The second-order valence-corrected chi connectivity index (χ2v) is 3.07. The maximum atomic E-state index is 11.4. The van der Waals surface area contributed by atoms with Crippen LogP contribution in [0.1, 0.15) is 6.92 Å². The number of carbonyl (C=O) groups excluding carboxylic acids is 3. The standard InChI is InChI=1S/C8H15N3O3/c1-6(12)10(4)11(5)8(14)7(13)9(2)3/h1-5H3. The Labute approximate surface area is 83.0 Å². The Kier molecular flexibility index (Phi) is 4.07. The van der Waals surface area contributed by atoms with Gasteiger partial charge in [0.25, 0.3) is 0 Å². The first-order valence-electron chi connectivity index (χ1n) is 4.02. The predicted octanol–water partition coefficient (Wildman–Crippen LogP) is -1.07. The molecule has 80 valence electrons. The van der Waals surface area contributed by atoms with E-state index in [9.17, 15) is 14.4 Å². The van der Waals surface area contributed by atoms with Crippen molar-refractivity contribution < 1.29 is 14.4 Å². The molecule has 0 spiro atoms. The van der Waals surface area contributed by atoms with Crippen LogP contribution in [0, 0.1) is 0 Å². The van der Waals surface area contributed by atoms with Crippen molar-refractivity contribution in [3.05, 3.63) is 0 Å². The number of carbonyl (C=O) groups is 3. The maximum Gasteiger partial charge on any atom is 0.330 e. The van der Waals surface area contributed by atoms with E-state index in [2.05, 4.69) is 0 Å². The minimum atomic E-state index is -0.743. The molecule has 0 rings (SSSR count). The van der Waals surface area contributed by atoms with Crippen molar-refractivity contribution in [3.8, 4) is 0 Å². The molecule has 0 aliphatic rings. The van der Waals surface area contributed by atoms with E-state index in [-0.39, 0.29) is 5.91 Å². The van der Waals surface area contributed by atoms with Gasteiger partial charge in [0.2, 0.25) is 5.91 Å². The lowest BCUT2D eigenvalue weighted by molar-refractivity contribution is -0.163. The fourth-order valence-electron chi connectivity index (χ4n) is 0.677. The molecule has 14 heavy (non-hydrogen) atoms. The second kappa shape index (κ2) is 4.59. The van der Waals surface area contributed by atoms with Gasteiger partial charge < -0.3 is 4.90 Å². The summed E-state index contributed by atoms with van der Waals surface area (Å²) in [6, 6.07) is 0. The topological polar surface area (TPSA) is 60.9 Å². The first-order chi connectivity index (χ1) is 6.29. The van der Waals surface area contributed by atoms with Crippen LogP contribution in [-0.2, 0) is 14.4 Å². The minimum Gasteiger partial charge on any atom is -0.341 e. The van der Waals surface area contributed by atoms with Crippen LogP contribution in [0.15, 0.2) is 0 Å². The summed E-state index contributed by atoms with van der Waals surface area (Å²) < 4.78 is 0. The lowest BCUT2D eigenvalue weighted by atomic mass is 10.5. The molecule has 0 heterocycles. The summed E-state index contributed by atoms with van der Waals surface area (Å²) in [4.78, 5) is 34.6. The van der Waals surface area contributed by atoms with Gasteiger partial charge in [-0.2, -0.15) is 0 Å². The molecular weight excluding hydrogens is 186 g/mol. The van der Waals surface area contributed by atoms with Crippen molar-refractivity contribution in [1.82, 2.24) is 14.9 Å². The number of hydrazine groups is 1. The number of rotatable bonds is 0. The zero-order valence-corrected chi connectivity index (χ0v) is 9.07. The molecule has 0 aromatic heterocycles. The summed E-state index contributed by atoms with van der Waals surface area (Å²) in [7, 11) is 5.73. The van der Waals surface area contributed by atoms with Gasteiger partial charge in [-0.25, -0.2) is 5.01 Å². The summed E-state index contributed by atoms with van der Waals surface area (Å²) in [5.41, 5.74) is 0. The van der Waals surface area contributed by atoms with Crippen LogP contribution in [-0.4, -0.2) is 60.8 Å². The highest BCUT2D eigenvalue weighted by atomic mass is 16.2. The Morgan fingerprint density at radius 1 is 0.786 bits per heavy atom. The van der Waals surface area contributed by atoms with Gasteiger partial charge in [0.05, 0.1) is 0 Å². The molecule has 0 radical (unpaired) electrons. The summed E-state index contributed by atoms with van der Waals surface area (Å²) in [6.07, 6.45) is 0. The Bertz CT molecular complexity index is 263. The van der Waals surface area contributed by atoms with Crippen molar-refractivity contribution in [2.24, 2.45) is 0 Å². The number of hydrogen-bond donors (Lipinski definition) is 0. The molecule has 3 amide bonds. The number of hydrogen-bond acceptors (Lipinski definition) is 3. The Morgan fingerprint density at radius 2 is 1.21 bits per heavy atom. The van der Waals surface area contributed by atoms with Gasteiger partial charge in [0, 0.05) is 35.1 Å². The van der Waals surface area contributed by atoms with Gasteiger partial charge in [-0.3, -0.25) is 19.4 Å². The Morgan fingerprint density at radius 3 is 1.50 bits per heavy atom.